The first-order valence-corrected chi connectivity index (χ1v) is 10.8. The second-order valence-corrected chi connectivity index (χ2v) is 8.41. The Morgan fingerprint density at radius 2 is 2.06 bits per heavy atom. The van der Waals surface area contributed by atoms with Gasteiger partial charge in [0.1, 0.15) is 6.61 Å². The van der Waals surface area contributed by atoms with E-state index in [1.165, 1.54) is 18.2 Å². The monoisotopic (exact) mass is 426 g/mol. The van der Waals surface area contributed by atoms with Crippen molar-refractivity contribution in [3.8, 4) is 0 Å². The van der Waals surface area contributed by atoms with Crippen molar-refractivity contribution in [2.24, 2.45) is 7.05 Å². The van der Waals surface area contributed by atoms with Crippen LogP contribution in [0, 0.1) is 0 Å². The van der Waals surface area contributed by atoms with E-state index in [-0.39, 0.29) is 24.5 Å². The first kappa shape index (κ1) is 21.5. The van der Waals surface area contributed by atoms with Gasteiger partial charge in [-0.3, -0.25) is 14.3 Å². The van der Waals surface area contributed by atoms with Crippen LogP contribution < -0.4 is 5.32 Å². The lowest BCUT2D eigenvalue weighted by atomic mass is 9.78. The highest BCUT2D eigenvalue weighted by Gasteiger charge is 2.44. The lowest BCUT2D eigenvalue weighted by Crippen LogP contribution is -2.51. The maximum atomic E-state index is 12.6. The summed E-state index contributed by atoms with van der Waals surface area (Å²) in [6.45, 7) is 1.80. The van der Waals surface area contributed by atoms with E-state index in [1.807, 2.05) is 30.3 Å². The van der Waals surface area contributed by atoms with Gasteiger partial charge in [0.15, 0.2) is 0 Å². The van der Waals surface area contributed by atoms with E-state index in [0.717, 1.165) is 5.56 Å². The minimum atomic E-state index is -0.451. The zero-order valence-corrected chi connectivity index (χ0v) is 18.2. The maximum Gasteiger partial charge on any atom is 0.248 e. The van der Waals surface area contributed by atoms with Crippen LogP contribution in [0.2, 0.25) is 0 Å². The molecule has 0 saturated carbocycles. The Balaban J connectivity index is 1.42. The molecule has 1 atom stereocenters. The summed E-state index contributed by atoms with van der Waals surface area (Å²) in [5, 5.41) is 7.10. The van der Waals surface area contributed by atoms with Gasteiger partial charge in [0, 0.05) is 45.6 Å². The number of hydrogen-bond donors (Lipinski definition) is 1. The van der Waals surface area contributed by atoms with Gasteiger partial charge in [0.25, 0.3) is 0 Å². The summed E-state index contributed by atoms with van der Waals surface area (Å²) in [4.78, 5) is 26.7. The van der Waals surface area contributed by atoms with Crippen molar-refractivity contribution < 1.29 is 19.1 Å². The molecule has 0 bridgehead atoms. The molecule has 1 aromatic heterocycles. The average Bonchev–Trinajstić information content (AvgIpc) is 3.18. The van der Waals surface area contributed by atoms with Gasteiger partial charge >= 0.3 is 0 Å². The molecule has 2 aliphatic heterocycles. The molecule has 2 amide bonds. The summed E-state index contributed by atoms with van der Waals surface area (Å²) in [7, 11) is 3.39. The molecule has 1 N–H and O–H groups in total. The number of methoxy groups -OCH3 is 1. The van der Waals surface area contributed by atoms with E-state index in [4.69, 9.17) is 9.47 Å². The van der Waals surface area contributed by atoms with E-state index in [2.05, 4.69) is 22.5 Å². The molecule has 166 valence electrons. The van der Waals surface area contributed by atoms with Crippen LogP contribution in [0.1, 0.15) is 36.0 Å². The second-order valence-electron chi connectivity index (χ2n) is 8.41. The number of benzene rings is 1. The van der Waals surface area contributed by atoms with E-state index < -0.39 is 5.60 Å². The quantitative estimate of drug-likeness (QED) is 0.757. The third-order valence-corrected chi connectivity index (χ3v) is 6.20. The number of piperidine rings is 1. The Labute approximate surface area is 182 Å². The smallest absolute Gasteiger partial charge is 0.248 e. The average molecular weight is 427 g/mol. The molecule has 1 spiro atoms. The zero-order valence-electron chi connectivity index (χ0n) is 18.2. The minimum absolute atomic E-state index is 0.00720. The van der Waals surface area contributed by atoms with Gasteiger partial charge in [-0.2, -0.15) is 5.10 Å². The fourth-order valence-corrected chi connectivity index (χ4v) is 4.69. The number of hydrogen-bond acceptors (Lipinski definition) is 5. The predicted octanol–water partition coefficient (Wildman–Crippen LogP) is 1.53. The summed E-state index contributed by atoms with van der Waals surface area (Å²) < 4.78 is 13.3. The van der Waals surface area contributed by atoms with Gasteiger partial charge < -0.3 is 19.7 Å². The number of carbonyl (C=O) groups excluding carboxylic acids is 2. The standard InChI is InChI=1S/C23H30N4O4/c1-26-15-17(14-25-26)13-24-21(28)12-19-11-18-5-3-4-6-20(18)23(31-19)7-9-27(10-8-23)22(29)16-30-2/h3-6,14-15,19H,7-13,16H2,1-2H3,(H,24,28). The van der Waals surface area contributed by atoms with Crippen LogP contribution in [-0.2, 0) is 44.7 Å². The molecule has 2 aromatic rings. The van der Waals surface area contributed by atoms with Crippen LogP contribution >= 0.6 is 0 Å². The molecule has 1 saturated heterocycles. The van der Waals surface area contributed by atoms with Crippen molar-refractivity contribution in [1.82, 2.24) is 20.0 Å². The van der Waals surface area contributed by atoms with Crippen molar-refractivity contribution in [1.29, 1.82) is 0 Å². The van der Waals surface area contributed by atoms with Crippen LogP contribution in [-0.4, -0.2) is 59.4 Å². The molecule has 8 heteroatoms. The molecule has 8 nitrogen and oxygen atoms in total. The van der Waals surface area contributed by atoms with E-state index in [9.17, 15) is 9.59 Å². The molecule has 31 heavy (non-hydrogen) atoms. The molecule has 0 radical (unpaired) electrons. The fourth-order valence-electron chi connectivity index (χ4n) is 4.69. The highest BCUT2D eigenvalue weighted by molar-refractivity contribution is 5.77. The molecular weight excluding hydrogens is 396 g/mol. The largest absolute Gasteiger partial charge is 0.375 e. The molecule has 0 aliphatic carbocycles. The van der Waals surface area contributed by atoms with Crippen LogP contribution in [0.15, 0.2) is 36.7 Å². The maximum absolute atomic E-state index is 12.6. The summed E-state index contributed by atoms with van der Waals surface area (Å²) in [5.41, 5.74) is 2.94. The number of likely N-dealkylation sites (tertiary alicyclic amines) is 1. The Morgan fingerprint density at radius 3 is 2.77 bits per heavy atom. The van der Waals surface area contributed by atoms with Crippen molar-refractivity contribution in [2.75, 3.05) is 26.8 Å². The number of nitrogens with one attached hydrogen (secondary N) is 1. The number of aromatic nitrogens is 2. The van der Waals surface area contributed by atoms with E-state index in [1.54, 1.807) is 10.9 Å². The summed E-state index contributed by atoms with van der Waals surface area (Å²) in [6.07, 6.45) is 5.90. The lowest BCUT2D eigenvalue weighted by Gasteiger charge is -2.47. The number of aryl methyl sites for hydroxylation is 1. The normalized spacial score (nSPS) is 19.8. The first-order valence-electron chi connectivity index (χ1n) is 10.8. The van der Waals surface area contributed by atoms with Gasteiger partial charge in [-0.05, 0) is 30.4 Å². The number of ether oxygens (including phenoxy) is 2. The van der Waals surface area contributed by atoms with Gasteiger partial charge in [0.2, 0.25) is 11.8 Å². The van der Waals surface area contributed by atoms with Crippen LogP contribution in [0.3, 0.4) is 0 Å². The van der Waals surface area contributed by atoms with E-state index >= 15 is 0 Å². The van der Waals surface area contributed by atoms with Crippen LogP contribution in [0.4, 0.5) is 0 Å². The molecule has 2 aliphatic rings. The Hall–Kier alpha value is -2.71. The van der Waals surface area contributed by atoms with Crippen LogP contribution in [0.25, 0.3) is 0 Å². The lowest BCUT2D eigenvalue weighted by molar-refractivity contribution is -0.158. The van der Waals surface area contributed by atoms with E-state index in [0.29, 0.717) is 45.3 Å². The van der Waals surface area contributed by atoms with Gasteiger partial charge in [-0.1, -0.05) is 24.3 Å². The summed E-state index contributed by atoms with van der Waals surface area (Å²) >= 11 is 0. The van der Waals surface area contributed by atoms with Gasteiger partial charge in [0.05, 0.1) is 24.3 Å². The Morgan fingerprint density at radius 1 is 1.29 bits per heavy atom. The summed E-state index contributed by atoms with van der Waals surface area (Å²) in [6, 6.07) is 8.32. The molecular formula is C23H30N4O4. The highest BCUT2D eigenvalue weighted by atomic mass is 16.5. The highest BCUT2D eigenvalue weighted by Crippen LogP contribution is 2.43. The SMILES string of the molecule is COCC(=O)N1CCC2(CC1)OC(CC(=O)NCc1cnn(C)c1)Cc1ccccc12. The zero-order chi connectivity index (χ0) is 21.8. The fraction of sp³-hybridized carbons (Fsp3) is 0.522. The first-order chi connectivity index (χ1) is 15.0. The number of nitrogens with zero attached hydrogens (tertiary/aromatic N) is 3. The number of fused-ring (bicyclic) bond motifs is 2. The van der Waals surface area contributed by atoms with Crippen molar-refractivity contribution in [2.45, 2.75) is 43.9 Å². The van der Waals surface area contributed by atoms with Crippen molar-refractivity contribution in [3.05, 3.63) is 53.3 Å². The molecule has 3 heterocycles. The van der Waals surface area contributed by atoms with Crippen LogP contribution in [0.5, 0.6) is 0 Å². The number of rotatable bonds is 6. The van der Waals surface area contributed by atoms with Crippen molar-refractivity contribution in [3.63, 3.8) is 0 Å². The van der Waals surface area contributed by atoms with Gasteiger partial charge in [-0.15, -0.1) is 0 Å². The molecule has 1 fully saturated rings. The second kappa shape index (κ2) is 9.20. The van der Waals surface area contributed by atoms with Gasteiger partial charge in [-0.25, -0.2) is 0 Å². The number of carbonyl (C=O) groups is 2. The molecule has 1 aromatic carbocycles. The molecule has 1 unspecified atom stereocenters. The summed E-state index contributed by atoms with van der Waals surface area (Å²) in [5.74, 6) is -0.0242. The Kier molecular flexibility index (Phi) is 6.38. The third kappa shape index (κ3) is 4.80. The Bertz CT molecular complexity index is 933. The molecule has 4 rings (SSSR count). The third-order valence-electron chi connectivity index (χ3n) is 6.20. The van der Waals surface area contributed by atoms with Crippen molar-refractivity contribution >= 4 is 11.8 Å². The topological polar surface area (TPSA) is 85.7 Å². The number of amides is 2. The minimum Gasteiger partial charge on any atom is -0.375 e. The predicted molar refractivity (Wildman–Crippen MR) is 114 cm³/mol.